The van der Waals surface area contributed by atoms with Crippen molar-refractivity contribution in [3.8, 4) is 44.5 Å². The summed E-state index contributed by atoms with van der Waals surface area (Å²) in [5.74, 6) is 0. The van der Waals surface area contributed by atoms with E-state index in [1.165, 1.54) is 100 Å². The predicted octanol–water partition coefficient (Wildman–Crippen LogP) is 17.6. The first-order chi connectivity index (χ1) is 36.2. The molecular weight excluding hydrogens is 908 g/mol. The fraction of sp³-hybridized carbons (Fsp3) is 0.155. The lowest BCUT2D eigenvalue weighted by molar-refractivity contribution is 0.590. The Morgan fingerprint density at radius 2 is 1.01 bits per heavy atom. The van der Waals surface area contributed by atoms with Gasteiger partial charge in [0.1, 0.15) is 11.2 Å². The van der Waals surface area contributed by atoms with Gasteiger partial charge >= 0.3 is 0 Å². The number of nitrogens with zero attached hydrogens (tertiary/aromatic N) is 2. The number of hydrogen-bond donors (Lipinski definition) is 0. The second-order valence-electron chi connectivity index (χ2n) is 23.7. The minimum atomic E-state index is -0.300. The van der Waals surface area contributed by atoms with E-state index in [-0.39, 0.29) is 23.0 Å². The second kappa shape index (κ2) is 16.3. The quantitative estimate of drug-likeness (QED) is 0.160. The van der Waals surface area contributed by atoms with Crippen LogP contribution in [0.15, 0.2) is 217 Å². The maximum atomic E-state index is 6.60. The van der Waals surface area contributed by atoms with Crippen molar-refractivity contribution in [2.75, 3.05) is 9.80 Å². The molecule has 0 N–H and O–H groups in total. The van der Waals surface area contributed by atoms with E-state index in [9.17, 15) is 0 Å². The van der Waals surface area contributed by atoms with E-state index in [1.807, 2.05) is 6.07 Å². The number of fused-ring (bicyclic) bond motifs is 10. The van der Waals surface area contributed by atoms with Crippen molar-refractivity contribution in [3.05, 3.63) is 235 Å². The molecule has 0 bridgehead atoms. The molecule has 14 rings (SSSR count). The molecule has 0 saturated heterocycles. The molecule has 11 aromatic rings. The number of rotatable bonds is 5. The third-order valence-electron chi connectivity index (χ3n) is 16.8. The van der Waals surface area contributed by atoms with Gasteiger partial charge in [0.15, 0.2) is 0 Å². The van der Waals surface area contributed by atoms with Gasteiger partial charge in [0, 0.05) is 50.2 Å². The van der Waals surface area contributed by atoms with Crippen molar-refractivity contribution in [3.63, 3.8) is 0 Å². The van der Waals surface area contributed by atoms with Crippen LogP contribution in [0.1, 0.15) is 77.6 Å². The number of furan rings is 1. The molecule has 10 aromatic carbocycles. The van der Waals surface area contributed by atoms with Gasteiger partial charge in [-0.05, 0) is 137 Å². The van der Waals surface area contributed by atoms with E-state index in [1.54, 1.807) is 0 Å². The Morgan fingerprint density at radius 1 is 0.413 bits per heavy atom. The monoisotopic (exact) mass is 966 g/mol. The zero-order valence-corrected chi connectivity index (χ0v) is 44.1. The van der Waals surface area contributed by atoms with Crippen molar-refractivity contribution in [1.29, 1.82) is 0 Å². The van der Waals surface area contributed by atoms with Gasteiger partial charge < -0.3 is 14.2 Å². The molecule has 0 spiro atoms. The molecule has 0 saturated carbocycles. The normalized spacial score (nSPS) is 14.2. The van der Waals surface area contributed by atoms with Crippen LogP contribution >= 0.6 is 0 Å². The molecule has 0 radical (unpaired) electrons. The molecule has 4 heteroatoms. The van der Waals surface area contributed by atoms with Crippen LogP contribution in [-0.4, -0.2) is 6.71 Å². The zero-order valence-electron chi connectivity index (χ0n) is 44.1. The van der Waals surface area contributed by atoms with E-state index >= 15 is 0 Å². The van der Waals surface area contributed by atoms with E-state index in [2.05, 4.69) is 271 Å². The summed E-state index contributed by atoms with van der Waals surface area (Å²) in [4.78, 5) is 5.26. The third kappa shape index (κ3) is 6.88. The van der Waals surface area contributed by atoms with Crippen LogP contribution in [0, 0.1) is 0 Å². The second-order valence-corrected chi connectivity index (χ2v) is 23.7. The van der Waals surface area contributed by atoms with Gasteiger partial charge in [-0.15, -0.1) is 0 Å². The van der Waals surface area contributed by atoms with Gasteiger partial charge in [0.2, 0.25) is 0 Å². The Kier molecular flexibility index (Phi) is 9.86. The largest absolute Gasteiger partial charge is 0.455 e. The predicted molar refractivity (Wildman–Crippen MR) is 319 cm³/mol. The Balaban J connectivity index is 1.06. The van der Waals surface area contributed by atoms with Gasteiger partial charge in [0.05, 0.1) is 5.69 Å². The summed E-state index contributed by atoms with van der Waals surface area (Å²) in [6, 6.07) is 79.7. The number of hydrogen-bond acceptors (Lipinski definition) is 3. The Labute approximate surface area is 441 Å². The minimum Gasteiger partial charge on any atom is -0.455 e. The molecule has 0 atom stereocenters. The van der Waals surface area contributed by atoms with Crippen LogP contribution in [0.3, 0.4) is 0 Å². The molecule has 2 aliphatic heterocycles. The first-order valence-corrected chi connectivity index (χ1v) is 26.7. The van der Waals surface area contributed by atoms with Crippen molar-refractivity contribution in [1.82, 2.24) is 0 Å². The van der Waals surface area contributed by atoms with Gasteiger partial charge in [-0.3, -0.25) is 0 Å². The molecule has 3 aliphatic rings. The van der Waals surface area contributed by atoms with E-state index in [4.69, 9.17) is 4.42 Å². The smallest absolute Gasteiger partial charge is 0.252 e. The standard InChI is InChI=1S/C71H59BN2O/c1-69(2,3)48-33-37-57-61(41-48)73(50-34-30-46(31-35-50)52-26-19-27-54-53-24-16-18-29-64(53)75-68(52)54)62-42-49(70(4,5)6)43-63-67(62)72(57)58-40-47(44-20-11-9-12-21-44)32-38-59(58)74(63)60-39-36-51(45-22-13-10-14-23-45)65-55-25-15-17-28-56(55)71(7,8)66(60)65/h9-43H,1-8H3. The molecular formula is C71H59BN2O. The summed E-state index contributed by atoms with van der Waals surface area (Å²) in [5, 5.41) is 2.27. The average Bonchev–Trinajstić information content (AvgIpc) is 4.10. The summed E-state index contributed by atoms with van der Waals surface area (Å²) in [6.45, 7) is 18.9. The molecule has 1 aromatic heterocycles. The van der Waals surface area contributed by atoms with Crippen LogP contribution < -0.4 is 26.2 Å². The highest BCUT2D eigenvalue weighted by atomic mass is 16.3. The highest BCUT2D eigenvalue weighted by Gasteiger charge is 2.47. The van der Waals surface area contributed by atoms with Gasteiger partial charge in [-0.1, -0.05) is 219 Å². The van der Waals surface area contributed by atoms with E-state index < -0.39 is 0 Å². The van der Waals surface area contributed by atoms with Crippen LogP contribution in [0.25, 0.3) is 66.4 Å². The highest BCUT2D eigenvalue weighted by molar-refractivity contribution is 7.00. The topological polar surface area (TPSA) is 19.6 Å². The van der Waals surface area contributed by atoms with E-state index in [0.29, 0.717) is 0 Å². The number of anilines is 6. The lowest BCUT2D eigenvalue weighted by Gasteiger charge is -2.46. The first-order valence-electron chi connectivity index (χ1n) is 26.7. The summed E-state index contributed by atoms with van der Waals surface area (Å²) in [5.41, 5.74) is 27.5. The van der Waals surface area contributed by atoms with Crippen LogP contribution in [0.5, 0.6) is 0 Å². The molecule has 3 heterocycles. The Hall–Kier alpha value is -8.34. The SMILES string of the molecule is CC(C)(C)c1ccc2c(c1)N(c1ccc(-c3cccc4c3oc3ccccc34)cc1)c1cc(C(C)(C)C)cc3c1B2c1cc(-c2ccccc2)ccc1N3c1ccc(-c2ccccc2)c2c1C(C)(C)c1ccccc1-2. The molecule has 0 fully saturated rings. The number of benzene rings is 10. The summed E-state index contributed by atoms with van der Waals surface area (Å²) < 4.78 is 6.60. The first kappa shape index (κ1) is 45.3. The molecule has 75 heavy (non-hydrogen) atoms. The van der Waals surface area contributed by atoms with Crippen LogP contribution in [0.2, 0.25) is 0 Å². The van der Waals surface area contributed by atoms with Crippen molar-refractivity contribution >= 4 is 79.2 Å². The average molecular weight is 967 g/mol. The summed E-state index contributed by atoms with van der Waals surface area (Å²) in [6.07, 6.45) is 0. The lowest BCUT2D eigenvalue weighted by Crippen LogP contribution is -2.61. The molecule has 362 valence electrons. The maximum absolute atomic E-state index is 6.60. The molecule has 3 nitrogen and oxygen atoms in total. The van der Waals surface area contributed by atoms with Crippen LogP contribution in [0.4, 0.5) is 34.1 Å². The van der Waals surface area contributed by atoms with Gasteiger partial charge in [0.25, 0.3) is 6.71 Å². The van der Waals surface area contributed by atoms with Crippen molar-refractivity contribution in [2.45, 2.75) is 71.6 Å². The Bertz CT molecular complexity index is 4110. The molecule has 1 aliphatic carbocycles. The van der Waals surface area contributed by atoms with Crippen LogP contribution in [-0.2, 0) is 16.2 Å². The van der Waals surface area contributed by atoms with Crippen molar-refractivity contribution in [2.24, 2.45) is 0 Å². The third-order valence-corrected chi connectivity index (χ3v) is 16.8. The number of para-hydroxylation sites is 2. The zero-order chi connectivity index (χ0) is 51.1. The molecule has 0 amide bonds. The maximum Gasteiger partial charge on any atom is 0.252 e. The lowest BCUT2D eigenvalue weighted by atomic mass is 9.33. The van der Waals surface area contributed by atoms with Gasteiger partial charge in [-0.25, -0.2) is 0 Å². The summed E-state index contributed by atoms with van der Waals surface area (Å²) >= 11 is 0. The highest BCUT2D eigenvalue weighted by Crippen LogP contribution is 2.58. The molecule has 0 unspecified atom stereocenters. The fourth-order valence-corrected chi connectivity index (χ4v) is 12.9. The Morgan fingerprint density at radius 3 is 1.76 bits per heavy atom. The van der Waals surface area contributed by atoms with E-state index in [0.717, 1.165) is 38.8 Å². The van der Waals surface area contributed by atoms with Crippen molar-refractivity contribution < 1.29 is 4.42 Å². The minimum absolute atomic E-state index is 0.0500. The fourth-order valence-electron chi connectivity index (χ4n) is 12.9. The summed E-state index contributed by atoms with van der Waals surface area (Å²) in [7, 11) is 0. The van der Waals surface area contributed by atoms with Gasteiger partial charge in [-0.2, -0.15) is 0 Å².